The molecule has 4 heteroatoms. The largest absolute Gasteiger partial charge is 0.477 e. The molecular formula is C16H21NO3. The van der Waals surface area contributed by atoms with Crippen molar-refractivity contribution in [2.45, 2.75) is 63.8 Å². The topological polar surface area (TPSA) is 59.3 Å². The Morgan fingerprint density at radius 3 is 2.50 bits per heavy atom. The van der Waals surface area contributed by atoms with Gasteiger partial charge in [0.1, 0.15) is 5.56 Å². The van der Waals surface area contributed by atoms with Crippen LogP contribution in [0.25, 0.3) is 0 Å². The van der Waals surface area contributed by atoms with E-state index in [1.54, 1.807) is 4.57 Å². The molecular weight excluding hydrogens is 254 g/mol. The lowest BCUT2D eigenvalue weighted by molar-refractivity contribution is 0.0692. The maximum absolute atomic E-state index is 12.6. The van der Waals surface area contributed by atoms with Crippen LogP contribution in [-0.2, 0) is 12.8 Å². The molecule has 2 aliphatic rings. The van der Waals surface area contributed by atoms with Gasteiger partial charge in [0, 0.05) is 12.2 Å². The molecule has 1 heterocycles. The van der Waals surface area contributed by atoms with Crippen molar-refractivity contribution in [3.63, 3.8) is 0 Å². The number of aromatic nitrogens is 1. The predicted octanol–water partition coefficient (Wildman–Crippen LogP) is 2.93. The predicted molar refractivity (Wildman–Crippen MR) is 76.4 cm³/mol. The average molecular weight is 275 g/mol. The molecule has 0 radical (unpaired) electrons. The van der Waals surface area contributed by atoms with Crippen molar-refractivity contribution in [2.24, 2.45) is 0 Å². The lowest BCUT2D eigenvalue weighted by atomic mass is 9.88. The zero-order valence-corrected chi connectivity index (χ0v) is 11.7. The van der Waals surface area contributed by atoms with E-state index < -0.39 is 5.97 Å². The van der Waals surface area contributed by atoms with E-state index in [-0.39, 0.29) is 17.2 Å². The Bertz CT molecular complexity index is 582. The van der Waals surface area contributed by atoms with Crippen molar-refractivity contribution < 1.29 is 9.90 Å². The molecule has 1 aromatic rings. The Morgan fingerprint density at radius 2 is 1.80 bits per heavy atom. The highest BCUT2D eigenvalue weighted by Crippen LogP contribution is 2.29. The van der Waals surface area contributed by atoms with Crippen LogP contribution in [0.5, 0.6) is 0 Å². The molecule has 0 spiro atoms. The van der Waals surface area contributed by atoms with E-state index in [2.05, 4.69) is 0 Å². The van der Waals surface area contributed by atoms with E-state index in [4.69, 9.17) is 0 Å². The smallest absolute Gasteiger partial charge is 0.341 e. The number of aryl methyl sites for hydroxylation is 1. The molecule has 20 heavy (non-hydrogen) atoms. The second-order valence-electron chi connectivity index (χ2n) is 6.02. The quantitative estimate of drug-likeness (QED) is 0.902. The highest BCUT2D eigenvalue weighted by Gasteiger charge is 2.26. The minimum Gasteiger partial charge on any atom is -0.477 e. The first-order valence-corrected chi connectivity index (χ1v) is 7.68. The van der Waals surface area contributed by atoms with Crippen molar-refractivity contribution in [2.75, 3.05) is 0 Å². The van der Waals surface area contributed by atoms with Crippen LogP contribution in [0.15, 0.2) is 11.0 Å². The van der Waals surface area contributed by atoms with Crippen molar-refractivity contribution in [3.8, 4) is 0 Å². The number of fused-ring (bicyclic) bond motifs is 1. The second-order valence-corrected chi connectivity index (χ2v) is 6.02. The number of nitrogens with zero attached hydrogens (tertiary/aromatic N) is 1. The van der Waals surface area contributed by atoms with Crippen LogP contribution in [0.1, 0.15) is 72.5 Å². The van der Waals surface area contributed by atoms with Gasteiger partial charge in [-0.25, -0.2) is 4.79 Å². The first kappa shape index (κ1) is 13.4. The van der Waals surface area contributed by atoms with Crippen molar-refractivity contribution in [1.82, 2.24) is 4.57 Å². The number of carbonyl (C=O) groups is 1. The summed E-state index contributed by atoms with van der Waals surface area (Å²) in [6.45, 7) is 0. The zero-order valence-electron chi connectivity index (χ0n) is 11.7. The molecule has 3 rings (SSSR count). The molecule has 4 nitrogen and oxygen atoms in total. The van der Waals surface area contributed by atoms with Crippen LogP contribution in [0, 0.1) is 0 Å². The fraction of sp³-hybridized carbons (Fsp3) is 0.625. The summed E-state index contributed by atoms with van der Waals surface area (Å²) in [4.78, 5) is 24.1. The third-order valence-electron chi connectivity index (χ3n) is 4.74. The van der Waals surface area contributed by atoms with Crippen LogP contribution >= 0.6 is 0 Å². The summed E-state index contributed by atoms with van der Waals surface area (Å²) in [5.74, 6) is -1.06. The van der Waals surface area contributed by atoms with Crippen LogP contribution in [0.2, 0.25) is 0 Å². The molecule has 0 bridgehead atoms. The Kier molecular flexibility index (Phi) is 3.64. The Balaban J connectivity index is 2.13. The first-order chi connectivity index (χ1) is 9.68. The average Bonchev–Trinajstić information content (AvgIpc) is 2.47. The fourth-order valence-electron chi connectivity index (χ4n) is 3.69. The van der Waals surface area contributed by atoms with Crippen molar-refractivity contribution in [1.29, 1.82) is 0 Å². The molecule has 0 amide bonds. The van der Waals surface area contributed by atoms with Crippen molar-refractivity contribution in [3.05, 3.63) is 33.2 Å². The molecule has 1 fully saturated rings. The maximum atomic E-state index is 12.6. The third-order valence-corrected chi connectivity index (χ3v) is 4.74. The molecule has 2 aliphatic carbocycles. The van der Waals surface area contributed by atoms with Gasteiger partial charge in [-0.2, -0.15) is 0 Å². The van der Waals surface area contributed by atoms with Crippen molar-refractivity contribution >= 4 is 5.97 Å². The van der Waals surface area contributed by atoms with Gasteiger partial charge in [0.25, 0.3) is 5.56 Å². The number of carboxylic acid groups (broad SMARTS) is 1. The minimum absolute atomic E-state index is 0.0350. The van der Waals surface area contributed by atoms with E-state index in [0.717, 1.165) is 62.5 Å². The molecule has 1 aromatic heterocycles. The summed E-state index contributed by atoms with van der Waals surface area (Å²) in [6.07, 6.45) is 11.2. The SMILES string of the molecule is O=C(O)c1c2c(cn(C3CCCCC3)c1=O)CCCC2. The molecule has 0 aliphatic heterocycles. The van der Waals surface area contributed by atoms with Gasteiger partial charge >= 0.3 is 5.97 Å². The molecule has 0 atom stereocenters. The summed E-state index contributed by atoms with van der Waals surface area (Å²) in [6, 6.07) is 0.196. The zero-order chi connectivity index (χ0) is 14.1. The summed E-state index contributed by atoms with van der Waals surface area (Å²) in [7, 11) is 0. The Labute approximate surface area is 118 Å². The molecule has 0 saturated heterocycles. The monoisotopic (exact) mass is 275 g/mol. The van der Waals surface area contributed by atoms with Gasteiger partial charge in [-0.15, -0.1) is 0 Å². The van der Waals surface area contributed by atoms with Gasteiger partial charge in [0.15, 0.2) is 0 Å². The highest BCUT2D eigenvalue weighted by molar-refractivity contribution is 5.89. The minimum atomic E-state index is -1.06. The molecule has 1 saturated carbocycles. The Hall–Kier alpha value is -1.58. The van der Waals surface area contributed by atoms with Gasteiger partial charge in [-0.1, -0.05) is 19.3 Å². The number of aromatic carboxylic acids is 1. The van der Waals surface area contributed by atoms with Gasteiger partial charge in [-0.3, -0.25) is 4.79 Å². The molecule has 1 N–H and O–H groups in total. The van der Waals surface area contributed by atoms with E-state index in [1.807, 2.05) is 6.20 Å². The van der Waals surface area contributed by atoms with E-state index in [0.29, 0.717) is 0 Å². The summed E-state index contributed by atoms with van der Waals surface area (Å²) < 4.78 is 1.73. The van der Waals surface area contributed by atoms with Gasteiger partial charge in [0.05, 0.1) is 0 Å². The second kappa shape index (κ2) is 5.43. The van der Waals surface area contributed by atoms with E-state index in [9.17, 15) is 14.7 Å². The summed E-state index contributed by atoms with van der Waals surface area (Å²) in [5, 5.41) is 9.43. The highest BCUT2D eigenvalue weighted by atomic mass is 16.4. The van der Waals surface area contributed by atoms with Gasteiger partial charge < -0.3 is 9.67 Å². The van der Waals surface area contributed by atoms with Gasteiger partial charge in [0.2, 0.25) is 0 Å². The fourth-order valence-corrected chi connectivity index (χ4v) is 3.69. The maximum Gasteiger partial charge on any atom is 0.341 e. The molecule has 0 unspecified atom stereocenters. The standard InChI is InChI=1S/C16H21NO3/c18-15-14(16(19)20)13-9-5-4-6-11(13)10-17(15)12-7-2-1-3-8-12/h10,12H,1-9H2,(H,19,20). The lowest BCUT2D eigenvalue weighted by Gasteiger charge is -2.27. The number of pyridine rings is 1. The van der Waals surface area contributed by atoms with Crippen LogP contribution in [0.4, 0.5) is 0 Å². The normalized spacial score (nSPS) is 19.6. The van der Waals surface area contributed by atoms with Crippen LogP contribution in [0.3, 0.4) is 0 Å². The lowest BCUT2D eigenvalue weighted by Crippen LogP contribution is -2.33. The Morgan fingerprint density at radius 1 is 1.10 bits per heavy atom. The molecule has 0 aromatic carbocycles. The van der Waals surface area contributed by atoms with E-state index in [1.165, 1.54) is 6.42 Å². The summed E-state index contributed by atoms with van der Waals surface area (Å²) in [5.41, 5.74) is 1.62. The number of hydrogen-bond acceptors (Lipinski definition) is 2. The molecule has 108 valence electrons. The van der Waals surface area contributed by atoms with Crippen LogP contribution in [-0.4, -0.2) is 15.6 Å². The number of carboxylic acids is 1. The number of hydrogen-bond donors (Lipinski definition) is 1. The van der Waals surface area contributed by atoms with E-state index >= 15 is 0 Å². The first-order valence-electron chi connectivity index (χ1n) is 7.68. The number of rotatable bonds is 2. The van der Waals surface area contributed by atoms with Gasteiger partial charge in [-0.05, 0) is 49.7 Å². The van der Waals surface area contributed by atoms with Crippen LogP contribution < -0.4 is 5.56 Å². The third kappa shape index (κ3) is 2.28. The summed E-state index contributed by atoms with van der Waals surface area (Å²) >= 11 is 0.